The molecule has 2 aromatic heterocycles. The highest BCUT2D eigenvalue weighted by Gasteiger charge is 2.37. The number of aromatic nitrogens is 4. The fourth-order valence-corrected chi connectivity index (χ4v) is 4.44. The maximum absolute atomic E-state index is 15.7. The first kappa shape index (κ1) is 19.0. The first-order chi connectivity index (χ1) is 13.9. The third kappa shape index (κ3) is 3.56. The van der Waals surface area contributed by atoms with Gasteiger partial charge in [-0.25, -0.2) is 19.0 Å². The Labute approximate surface area is 178 Å². The van der Waals surface area contributed by atoms with Crippen molar-refractivity contribution in [2.45, 2.75) is 37.4 Å². The minimum atomic E-state index is -1.44. The number of nitrogens with one attached hydrogen (secondary N) is 1. The molecule has 6 nitrogen and oxygen atoms in total. The summed E-state index contributed by atoms with van der Waals surface area (Å²) in [6.07, 6.45) is 6.38. The lowest BCUT2D eigenvalue weighted by molar-refractivity contribution is 0.0676. The third-order valence-corrected chi connectivity index (χ3v) is 6.49. The number of piperidine rings is 1. The lowest BCUT2D eigenvalue weighted by Crippen LogP contribution is -2.38. The Morgan fingerprint density at radius 2 is 1.93 bits per heavy atom. The van der Waals surface area contributed by atoms with Gasteiger partial charge in [0, 0.05) is 35.3 Å². The molecule has 0 unspecified atom stereocenters. The largest absolute Gasteiger partial charge is 0.320 e. The van der Waals surface area contributed by atoms with Gasteiger partial charge in [-0.15, -0.1) is 0 Å². The van der Waals surface area contributed by atoms with E-state index in [1.165, 1.54) is 0 Å². The number of hydrogen-bond donors (Lipinski definition) is 1. The average Bonchev–Trinajstić information content (AvgIpc) is 3.48. The fraction of sp³-hybridized carbons (Fsp3) is 0.450. The Morgan fingerprint density at radius 1 is 1.17 bits per heavy atom. The predicted octanol–water partition coefficient (Wildman–Crippen LogP) is 5.10. The van der Waals surface area contributed by atoms with Gasteiger partial charge in [0.1, 0.15) is 5.67 Å². The minimum absolute atomic E-state index is 0.385. The van der Waals surface area contributed by atoms with Crippen LogP contribution in [0.5, 0.6) is 0 Å². The molecule has 0 spiro atoms. The molecular weight excluding hydrogens is 414 g/mol. The summed E-state index contributed by atoms with van der Waals surface area (Å²) in [5.74, 6) is 0.388. The van der Waals surface area contributed by atoms with E-state index in [0.29, 0.717) is 64.9 Å². The molecule has 3 heterocycles. The number of anilines is 2. The average molecular weight is 435 g/mol. The van der Waals surface area contributed by atoms with Crippen LogP contribution >= 0.6 is 23.2 Å². The number of halogens is 3. The maximum atomic E-state index is 15.7. The summed E-state index contributed by atoms with van der Waals surface area (Å²) in [6.45, 7) is 1.40. The van der Waals surface area contributed by atoms with E-state index in [0.717, 1.165) is 18.2 Å². The number of rotatable bonds is 4. The van der Waals surface area contributed by atoms with Gasteiger partial charge in [0.05, 0.1) is 23.4 Å². The molecule has 9 heteroatoms. The van der Waals surface area contributed by atoms with Crippen LogP contribution in [0.25, 0.3) is 10.9 Å². The highest BCUT2D eigenvalue weighted by molar-refractivity contribution is 6.32. The standard InChI is InChI=1S/C20H21Cl2FN6/c1-28-6-4-20(23,5-7-28)14-9-16-12(8-15(14)21)10-24-19(26-16)27-17-11-25-29(18(17)22)13-2-3-13/h8-11,13H,2-7H2,1H3,(H,24,26,27). The van der Waals surface area contributed by atoms with E-state index >= 15 is 4.39 Å². The summed E-state index contributed by atoms with van der Waals surface area (Å²) in [5.41, 5.74) is 0.363. The molecule has 0 bridgehead atoms. The van der Waals surface area contributed by atoms with E-state index in [9.17, 15) is 0 Å². The van der Waals surface area contributed by atoms with Crippen LogP contribution in [0.1, 0.15) is 37.3 Å². The van der Waals surface area contributed by atoms with Crippen molar-refractivity contribution in [3.63, 3.8) is 0 Å². The molecule has 2 fully saturated rings. The quantitative estimate of drug-likeness (QED) is 0.618. The van der Waals surface area contributed by atoms with Crippen molar-refractivity contribution in [2.24, 2.45) is 0 Å². The highest BCUT2D eigenvalue weighted by Crippen LogP contribution is 2.42. The van der Waals surface area contributed by atoms with Gasteiger partial charge in [-0.2, -0.15) is 5.10 Å². The smallest absolute Gasteiger partial charge is 0.227 e. The lowest BCUT2D eigenvalue weighted by Gasteiger charge is -2.35. The molecule has 1 aromatic carbocycles. The molecule has 1 N–H and O–H groups in total. The van der Waals surface area contributed by atoms with Gasteiger partial charge < -0.3 is 10.2 Å². The molecular formula is C20H21Cl2FN6. The zero-order valence-corrected chi connectivity index (χ0v) is 17.5. The van der Waals surface area contributed by atoms with Crippen LogP contribution in [-0.4, -0.2) is 44.8 Å². The van der Waals surface area contributed by atoms with Crippen molar-refractivity contribution in [1.29, 1.82) is 0 Å². The molecule has 1 saturated heterocycles. The molecule has 152 valence electrons. The summed E-state index contributed by atoms with van der Waals surface area (Å²) in [4.78, 5) is 11.0. The molecule has 1 saturated carbocycles. The molecule has 0 radical (unpaired) electrons. The van der Waals surface area contributed by atoms with Crippen LogP contribution in [0.4, 0.5) is 16.0 Å². The number of nitrogens with zero attached hydrogens (tertiary/aromatic N) is 5. The molecule has 0 amide bonds. The lowest BCUT2D eigenvalue weighted by atomic mass is 9.86. The van der Waals surface area contributed by atoms with Crippen molar-refractivity contribution >= 4 is 45.7 Å². The van der Waals surface area contributed by atoms with Crippen molar-refractivity contribution in [2.75, 3.05) is 25.5 Å². The molecule has 3 aromatic rings. The SMILES string of the molecule is CN1CCC(F)(c2cc3nc(Nc4cnn(C5CC5)c4Cl)ncc3cc2Cl)CC1. The van der Waals surface area contributed by atoms with Gasteiger partial charge in [0.15, 0.2) is 5.15 Å². The Bertz CT molecular complexity index is 1070. The van der Waals surface area contributed by atoms with Gasteiger partial charge in [0.25, 0.3) is 0 Å². The second-order valence-corrected chi connectivity index (χ2v) is 8.77. The van der Waals surface area contributed by atoms with Crippen molar-refractivity contribution < 1.29 is 4.39 Å². The second kappa shape index (κ2) is 7.07. The van der Waals surface area contributed by atoms with Gasteiger partial charge in [-0.05, 0) is 44.9 Å². The molecule has 1 aliphatic heterocycles. The minimum Gasteiger partial charge on any atom is -0.320 e. The van der Waals surface area contributed by atoms with Crippen LogP contribution in [0.15, 0.2) is 24.5 Å². The van der Waals surface area contributed by atoms with Crippen molar-refractivity contribution in [1.82, 2.24) is 24.6 Å². The molecule has 29 heavy (non-hydrogen) atoms. The number of likely N-dealkylation sites (tertiary alicyclic amines) is 1. The van der Waals surface area contributed by atoms with Crippen LogP contribution in [-0.2, 0) is 5.67 Å². The van der Waals surface area contributed by atoms with Gasteiger partial charge in [0.2, 0.25) is 5.95 Å². The van der Waals surface area contributed by atoms with Crippen LogP contribution in [0, 0.1) is 0 Å². The van der Waals surface area contributed by atoms with Crippen LogP contribution in [0.3, 0.4) is 0 Å². The topological polar surface area (TPSA) is 58.9 Å². The maximum Gasteiger partial charge on any atom is 0.227 e. The summed E-state index contributed by atoms with van der Waals surface area (Å²) >= 11 is 12.9. The van der Waals surface area contributed by atoms with E-state index in [-0.39, 0.29) is 0 Å². The number of hydrogen-bond acceptors (Lipinski definition) is 5. The van der Waals surface area contributed by atoms with E-state index in [2.05, 4.69) is 25.3 Å². The number of alkyl halides is 1. The third-order valence-electron chi connectivity index (χ3n) is 5.80. The predicted molar refractivity (Wildman–Crippen MR) is 113 cm³/mol. The zero-order valence-electron chi connectivity index (χ0n) is 16.0. The van der Waals surface area contributed by atoms with E-state index in [1.807, 2.05) is 11.7 Å². The van der Waals surface area contributed by atoms with Crippen molar-refractivity contribution in [3.05, 3.63) is 40.3 Å². The first-order valence-electron chi connectivity index (χ1n) is 9.77. The normalized spacial score (nSPS) is 19.6. The molecule has 1 aliphatic carbocycles. The van der Waals surface area contributed by atoms with E-state index in [1.54, 1.807) is 24.5 Å². The molecule has 5 rings (SSSR count). The fourth-order valence-electron chi connectivity index (χ4n) is 3.82. The summed E-state index contributed by atoms with van der Waals surface area (Å²) in [6, 6.07) is 3.88. The summed E-state index contributed by atoms with van der Waals surface area (Å²) in [5, 5.41) is 9.19. The first-order valence-corrected chi connectivity index (χ1v) is 10.5. The van der Waals surface area contributed by atoms with Crippen molar-refractivity contribution in [3.8, 4) is 0 Å². The second-order valence-electron chi connectivity index (χ2n) is 8.00. The Morgan fingerprint density at radius 3 is 2.66 bits per heavy atom. The molecule has 2 aliphatic rings. The zero-order chi connectivity index (χ0) is 20.2. The Kier molecular flexibility index (Phi) is 4.64. The Balaban J connectivity index is 1.47. The monoisotopic (exact) mass is 434 g/mol. The molecule has 0 atom stereocenters. The number of benzene rings is 1. The van der Waals surface area contributed by atoms with Gasteiger partial charge in [-0.1, -0.05) is 23.2 Å². The van der Waals surface area contributed by atoms with E-state index in [4.69, 9.17) is 23.2 Å². The summed E-state index contributed by atoms with van der Waals surface area (Å²) in [7, 11) is 2.00. The van der Waals surface area contributed by atoms with E-state index < -0.39 is 5.67 Å². The van der Waals surface area contributed by atoms with Crippen LogP contribution < -0.4 is 5.32 Å². The van der Waals surface area contributed by atoms with Crippen LogP contribution in [0.2, 0.25) is 10.2 Å². The summed E-state index contributed by atoms with van der Waals surface area (Å²) < 4.78 is 17.5. The highest BCUT2D eigenvalue weighted by atomic mass is 35.5. The van der Waals surface area contributed by atoms with Gasteiger partial charge >= 0.3 is 0 Å². The Hall–Kier alpha value is -1.96. The number of fused-ring (bicyclic) bond motifs is 1. The van der Waals surface area contributed by atoms with Gasteiger partial charge in [-0.3, -0.25) is 0 Å².